The van der Waals surface area contributed by atoms with E-state index in [1.165, 1.54) is 62.6 Å². The van der Waals surface area contributed by atoms with Crippen molar-refractivity contribution < 1.29 is 35.6 Å². The fourth-order valence-electron chi connectivity index (χ4n) is 14.7. The first-order chi connectivity index (χ1) is 51.7. The highest BCUT2D eigenvalue weighted by molar-refractivity contribution is 5.87. The number of para-hydroxylation sites is 4. The van der Waals surface area contributed by atoms with Crippen LogP contribution in [-0.4, -0.2) is 59.8 Å². The highest BCUT2D eigenvalue weighted by Gasteiger charge is 2.40. The van der Waals surface area contributed by atoms with Crippen LogP contribution in [-0.2, 0) is 34.4 Å². The molecule has 8 heterocycles. The van der Waals surface area contributed by atoms with Crippen molar-refractivity contribution in [3.05, 3.63) is 233 Å². The molecular formula is C88H93F3N16+4. The van der Waals surface area contributed by atoms with Crippen molar-refractivity contribution in [2.75, 3.05) is 0 Å². The van der Waals surface area contributed by atoms with E-state index < -0.39 is 18.7 Å². The Hall–Kier alpha value is -11.5. The third kappa shape index (κ3) is 14.5. The Labute approximate surface area is 628 Å². The zero-order valence-electron chi connectivity index (χ0n) is 68.7. The SMILES string of the molecule is Cc1cc(C)c(-c2nc3nc(C(F)(F)F)c(C)nc3[n+](C)c2-c2cc(C)cc(C)c2C)c(C)c1.Cc1cc(C)c(C)c(-c2c(C)nc3nc4ccccc4nc3[n+]2C)c1.Cc1cc(C)c(C)c(-c2nc3nc4ccccc4nc3c(C)[n+]2C)c1.[2H]C([2H])([2H])c1nc2nc(C)c(-c3cc(C)cc(C)c3C)[n+](C)c2nc1C. The van der Waals surface area contributed by atoms with Crippen molar-refractivity contribution in [2.45, 2.75) is 152 Å². The summed E-state index contributed by atoms with van der Waals surface area (Å²) in [5.41, 5.74) is 36.3. The topological polar surface area (TPSA) is 170 Å². The van der Waals surface area contributed by atoms with E-state index in [0.717, 1.165) is 129 Å². The van der Waals surface area contributed by atoms with Gasteiger partial charge in [-0.25, -0.2) is 58.1 Å². The van der Waals surface area contributed by atoms with Crippen LogP contribution in [0.15, 0.2) is 109 Å². The second kappa shape index (κ2) is 29.1. The molecule has 0 aliphatic carbocycles. The quantitative estimate of drug-likeness (QED) is 0.118. The first-order valence-electron chi connectivity index (χ1n) is 37.2. The van der Waals surface area contributed by atoms with Gasteiger partial charge in [-0.3, -0.25) is 0 Å². The van der Waals surface area contributed by atoms with Gasteiger partial charge in [0.05, 0.1) is 61.9 Å². The maximum absolute atomic E-state index is 13.6. The number of hydrogen-bond donors (Lipinski definition) is 0. The van der Waals surface area contributed by atoms with E-state index in [4.69, 9.17) is 39.0 Å². The maximum Gasteiger partial charge on any atom is 0.437 e. The summed E-state index contributed by atoms with van der Waals surface area (Å²) in [6.07, 6.45) is -4.61. The minimum Gasteiger partial charge on any atom is -0.236 e. The minimum atomic E-state index is -4.61. The number of alkyl halides is 3. The molecule has 0 saturated carbocycles. The first kappa shape index (κ1) is 71.2. The van der Waals surface area contributed by atoms with Gasteiger partial charge in [0.1, 0.15) is 16.9 Å². The van der Waals surface area contributed by atoms with Crippen LogP contribution < -0.4 is 18.3 Å². The third-order valence-corrected chi connectivity index (χ3v) is 20.6. The Balaban J connectivity index is 0.000000138. The number of nitrogens with zero attached hydrogens (tertiary/aromatic N) is 16. The number of aryl methyl sites for hydroxylation is 20. The molecule has 0 amide bonds. The van der Waals surface area contributed by atoms with Gasteiger partial charge in [0.25, 0.3) is 5.65 Å². The molecule has 0 bridgehead atoms. The molecule has 7 aromatic carbocycles. The van der Waals surface area contributed by atoms with Crippen LogP contribution in [0.25, 0.3) is 124 Å². The van der Waals surface area contributed by atoms with Crippen LogP contribution in [0.1, 0.15) is 127 Å². The van der Waals surface area contributed by atoms with Crippen molar-refractivity contribution >= 4 is 67.1 Å². The van der Waals surface area contributed by atoms with Crippen molar-refractivity contribution in [3.8, 4) is 56.4 Å². The van der Waals surface area contributed by atoms with Gasteiger partial charge in [-0.05, 0) is 254 Å². The largest absolute Gasteiger partial charge is 0.437 e. The molecule has 0 atom stereocenters. The predicted molar refractivity (Wildman–Crippen MR) is 421 cm³/mol. The van der Waals surface area contributed by atoms with Crippen molar-refractivity contribution in [2.24, 2.45) is 28.2 Å². The molecule has 15 rings (SSSR count). The number of halogens is 3. The Morgan fingerprint density at radius 3 is 1.14 bits per heavy atom. The standard InChI is InChI=1S/C27H28F3N4.2C21H21N4.C19H23N4/c1-13-10-16(4)21(17(5)11-13)22-23(20-12-14(2)9-15(3)18(20)6)34(8)26-25(32-22)33-24(19(7)31-26)27(28,29)30;1-12-10-13(2)14(3)16(11-12)21-24-20-19(15(4)25(21)5)22-17-8-6-7-9-18(17)23-20;1-12-10-13(2)14(3)16(11-12)19-15(4)22-20-21(25(19)5)24-18-9-7-6-8-17(18)23-20;1-10-8-11(2)12(3)16(9-10)17-15(6)21-18-19(23(17)7)22-14(5)13(4)20-18/h9-12H,1-8H3;2*6-11H,1-5H3;8-9H,1-7H3/q4*+1/i;;;4D3. The zero-order chi connectivity index (χ0) is 79.9. The Morgan fingerprint density at radius 2 is 0.673 bits per heavy atom. The molecule has 0 fully saturated rings. The lowest BCUT2D eigenvalue weighted by Crippen LogP contribution is -2.36. The summed E-state index contributed by atoms with van der Waals surface area (Å²) in [5.74, 6) is 0.930. The van der Waals surface area contributed by atoms with E-state index in [9.17, 15) is 13.2 Å². The van der Waals surface area contributed by atoms with E-state index in [-0.39, 0.29) is 17.0 Å². The van der Waals surface area contributed by atoms with Crippen LogP contribution in [0.2, 0.25) is 0 Å². The van der Waals surface area contributed by atoms with Crippen LogP contribution in [0.4, 0.5) is 13.2 Å². The van der Waals surface area contributed by atoms with Crippen LogP contribution in [0.3, 0.4) is 0 Å². The fraction of sp³-hybridized carbons (Fsp3) is 0.295. The summed E-state index contributed by atoms with van der Waals surface area (Å²) in [6.45, 7) is 38.1. The summed E-state index contributed by atoms with van der Waals surface area (Å²) < 4.78 is 71.8. The molecule has 107 heavy (non-hydrogen) atoms. The molecule has 0 aliphatic heterocycles. The Kier molecular flexibility index (Phi) is 19.4. The summed E-state index contributed by atoms with van der Waals surface area (Å²) in [6, 6.07) is 37.4. The van der Waals surface area contributed by atoms with E-state index in [2.05, 4.69) is 178 Å². The number of rotatable bonds is 5. The maximum atomic E-state index is 13.6. The molecule has 0 saturated heterocycles. The average molecular weight is 1430 g/mol. The molecule has 0 N–H and O–H groups in total. The summed E-state index contributed by atoms with van der Waals surface area (Å²) in [7, 11) is 7.84. The van der Waals surface area contributed by atoms with Gasteiger partial charge in [0.2, 0.25) is 22.5 Å². The highest BCUT2D eigenvalue weighted by Crippen LogP contribution is 2.39. The highest BCUT2D eigenvalue weighted by atomic mass is 19.4. The molecule has 0 unspecified atom stereocenters. The molecule has 19 heteroatoms. The molecule has 15 aromatic rings. The number of fused-ring (bicyclic) bond motifs is 6. The molecular weight excluding hydrogens is 1340 g/mol. The lowest BCUT2D eigenvalue weighted by molar-refractivity contribution is -0.667. The number of benzene rings is 7. The van der Waals surface area contributed by atoms with Gasteiger partial charge >= 0.3 is 28.9 Å². The molecule has 0 radical (unpaired) electrons. The van der Waals surface area contributed by atoms with Crippen LogP contribution >= 0.6 is 0 Å². The van der Waals surface area contributed by atoms with Gasteiger partial charge in [-0.15, -0.1) is 0 Å². The zero-order valence-corrected chi connectivity index (χ0v) is 65.7. The smallest absolute Gasteiger partial charge is 0.236 e. The summed E-state index contributed by atoms with van der Waals surface area (Å²) in [5, 5.41) is 0. The summed E-state index contributed by atoms with van der Waals surface area (Å²) >= 11 is 0. The van der Waals surface area contributed by atoms with Gasteiger partial charge in [-0.1, -0.05) is 82.9 Å². The van der Waals surface area contributed by atoms with E-state index in [1.807, 2.05) is 127 Å². The number of hydrogen-bond acceptors (Lipinski definition) is 12. The molecule has 0 spiro atoms. The van der Waals surface area contributed by atoms with Crippen LogP contribution in [0.5, 0.6) is 0 Å². The minimum absolute atomic E-state index is 0.00669. The lowest BCUT2D eigenvalue weighted by Gasteiger charge is -2.18. The van der Waals surface area contributed by atoms with Crippen molar-refractivity contribution in [1.82, 2.24) is 59.8 Å². The second-order valence-electron chi connectivity index (χ2n) is 28.8. The van der Waals surface area contributed by atoms with Gasteiger partial charge in [0.15, 0.2) is 39.7 Å². The summed E-state index contributed by atoms with van der Waals surface area (Å²) in [4.78, 5) is 55.1. The second-order valence-corrected chi connectivity index (χ2v) is 28.8. The van der Waals surface area contributed by atoms with Crippen LogP contribution in [0, 0.1) is 145 Å². The van der Waals surface area contributed by atoms with Crippen molar-refractivity contribution in [1.29, 1.82) is 0 Å². The Bertz CT molecular complexity index is 6310. The molecule has 16 nitrogen and oxygen atoms in total. The van der Waals surface area contributed by atoms with Crippen molar-refractivity contribution in [3.63, 3.8) is 0 Å². The Morgan fingerprint density at radius 1 is 0.318 bits per heavy atom. The van der Waals surface area contributed by atoms with Gasteiger partial charge in [-0.2, -0.15) is 13.2 Å². The molecule has 0 aliphatic rings. The number of aromatic nitrogens is 16. The average Bonchev–Trinajstić information content (AvgIpc) is 0.756. The molecule has 542 valence electrons. The monoisotopic (exact) mass is 1430 g/mol. The predicted octanol–water partition coefficient (Wildman–Crippen LogP) is 17.5. The fourth-order valence-corrected chi connectivity index (χ4v) is 14.7. The van der Waals surface area contributed by atoms with Gasteiger partial charge in [0, 0.05) is 47.1 Å². The van der Waals surface area contributed by atoms with E-state index in [0.29, 0.717) is 39.6 Å². The van der Waals surface area contributed by atoms with E-state index >= 15 is 0 Å². The van der Waals surface area contributed by atoms with E-state index in [1.54, 1.807) is 6.92 Å². The molecule has 8 aromatic heterocycles. The third-order valence-electron chi connectivity index (χ3n) is 20.6. The normalized spacial score (nSPS) is 12.1. The lowest BCUT2D eigenvalue weighted by atomic mass is 9.91. The van der Waals surface area contributed by atoms with Gasteiger partial charge < -0.3 is 0 Å². The first-order valence-corrected chi connectivity index (χ1v) is 35.7.